The van der Waals surface area contributed by atoms with Crippen molar-refractivity contribution in [2.24, 2.45) is 11.8 Å². The summed E-state index contributed by atoms with van der Waals surface area (Å²) in [6, 6.07) is 10.2. The van der Waals surface area contributed by atoms with E-state index in [-0.39, 0.29) is 0 Å². The Kier molecular flexibility index (Phi) is 4.42. The molecule has 2 heteroatoms. The Bertz CT molecular complexity index is 443. The molecule has 1 aliphatic carbocycles. The molecule has 0 saturated heterocycles. The molecule has 0 bridgehead atoms. The van der Waals surface area contributed by atoms with E-state index in [0.717, 1.165) is 24.9 Å². The zero-order valence-electron chi connectivity index (χ0n) is 12.9. The molecule has 3 rings (SSSR count). The van der Waals surface area contributed by atoms with Gasteiger partial charge in [0.15, 0.2) is 0 Å². The van der Waals surface area contributed by atoms with Crippen molar-refractivity contribution in [3.63, 3.8) is 0 Å². The SMILES string of the molecule is CC1CCC(NC2CCNCc3ccccc32)C(C)C1. The summed E-state index contributed by atoms with van der Waals surface area (Å²) >= 11 is 0. The molecule has 0 amide bonds. The van der Waals surface area contributed by atoms with Crippen molar-refractivity contribution in [2.45, 2.75) is 58.2 Å². The summed E-state index contributed by atoms with van der Waals surface area (Å²) in [6.07, 6.45) is 5.31. The zero-order chi connectivity index (χ0) is 13.9. The highest BCUT2D eigenvalue weighted by molar-refractivity contribution is 5.31. The Hall–Kier alpha value is -0.860. The first-order valence-electron chi connectivity index (χ1n) is 8.28. The van der Waals surface area contributed by atoms with Gasteiger partial charge in [-0.15, -0.1) is 0 Å². The standard InChI is InChI=1S/C18H28N2/c1-13-7-8-17(14(2)11-13)20-18-9-10-19-12-15-5-3-4-6-16(15)18/h3-6,13-14,17-20H,7-12H2,1-2H3. The maximum atomic E-state index is 3.98. The van der Waals surface area contributed by atoms with Gasteiger partial charge in [0.1, 0.15) is 0 Å². The number of hydrogen-bond acceptors (Lipinski definition) is 2. The Morgan fingerprint density at radius 3 is 2.80 bits per heavy atom. The lowest BCUT2D eigenvalue weighted by atomic mass is 9.79. The van der Waals surface area contributed by atoms with E-state index < -0.39 is 0 Å². The summed E-state index contributed by atoms with van der Waals surface area (Å²) in [6.45, 7) is 6.96. The van der Waals surface area contributed by atoms with Gasteiger partial charge in [0.05, 0.1) is 0 Å². The monoisotopic (exact) mass is 272 g/mol. The highest BCUT2D eigenvalue weighted by Gasteiger charge is 2.28. The predicted molar refractivity (Wildman–Crippen MR) is 84.6 cm³/mol. The van der Waals surface area contributed by atoms with Gasteiger partial charge < -0.3 is 10.6 Å². The van der Waals surface area contributed by atoms with Crippen LogP contribution in [-0.4, -0.2) is 12.6 Å². The molecule has 20 heavy (non-hydrogen) atoms. The summed E-state index contributed by atoms with van der Waals surface area (Å²) in [5.74, 6) is 1.72. The molecule has 2 N–H and O–H groups in total. The number of nitrogens with one attached hydrogen (secondary N) is 2. The van der Waals surface area contributed by atoms with Crippen LogP contribution in [0.1, 0.15) is 56.7 Å². The van der Waals surface area contributed by atoms with Crippen LogP contribution in [0.2, 0.25) is 0 Å². The van der Waals surface area contributed by atoms with Crippen molar-refractivity contribution in [1.82, 2.24) is 10.6 Å². The average molecular weight is 272 g/mol. The van der Waals surface area contributed by atoms with Crippen LogP contribution in [-0.2, 0) is 6.54 Å². The quantitative estimate of drug-likeness (QED) is 0.859. The molecule has 1 fully saturated rings. The smallest absolute Gasteiger partial charge is 0.0338 e. The molecule has 4 unspecified atom stereocenters. The lowest BCUT2D eigenvalue weighted by Crippen LogP contribution is -2.41. The molecule has 0 radical (unpaired) electrons. The van der Waals surface area contributed by atoms with Crippen molar-refractivity contribution in [3.8, 4) is 0 Å². The normalized spacial score (nSPS) is 34.3. The molecule has 0 spiro atoms. The molecule has 2 nitrogen and oxygen atoms in total. The van der Waals surface area contributed by atoms with Crippen LogP contribution in [0.15, 0.2) is 24.3 Å². The Balaban J connectivity index is 1.73. The lowest BCUT2D eigenvalue weighted by molar-refractivity contribution is 0.211. The molecule has 110 valence electrons. The number of rotatable bonds is 2. The lowest BCUT2D eigenvalue weighted by Gasteiger charge is -2.36. The van der Waals surface area contributed by atoms with E-state index in [2.05, 4.69) is 48.7 Å². The molecule has 1 aromatic rings. The van der Waals surface area contributed by atoms with Gasteiger partial charge in [0.25, 0.3) is 0 Å². The van der Waals surface area contributed by atoms with E-state index in [1.165, 1.54) is 36.8 Å². The number of benzene rings is 1. The molecule has 1 aliphatic heterocycles. The van der Waals surface area contributed by atoms with Crippen LogP contribution >= 0.6 is 0 Å². The van der Waals surface area contributed by atoms with Gasteiger partial charge in [0.2, 0.25) is 0 Å². The molecule has 0 aromatic heterocycles. The van der Waals surface area contributed by atoms with Gasteiger partial charge in [-0.3, -0.25) is 0 Å². The molecular formula is C18H28N2. The third-order valence-electron chi connectivity index (χ3n) is 5.20. The van der Waals surface area contributed by atoms with Crippen LogP contribution < -0.4 is 10.6 Å². The van der Waals surface area contributed by atoms with Gasteiger partial charge in [-0.1, -0.05) is 38.1 Å². The topological polar surface area (TPSA) is 24.1 Å². The minimum Gasteiger partial charge on any atom is -0.313 e. The fourth-order valence-corrected chi connectivity index (χ4v) is 4.00. The van der Waals surface area contributed by atoms with Gasteiger partial charge >= 0.3 is 0 Å². The van der Waals surface area contributed by atoms with Crippen LogP contribution in [0.4, 0.5) is 0 Å². The van der Waals surface area contributed by atoms with E-state index in [4.69, 9.17) is 0 Å². The second kappa shape index (κ2) is 6.28. The van der Waals surface area contributed by atoms with Crippen LogP contribution in [0, 0.1) is 11.8 Å². The van der Waals surface area contributed by atoms with Gasteiger partial charge in [-0.2, -0.15) is 0 Å². The van der Waals surface area contributed by atoms with E-state index in [1.807, 2.05) is 0 Å². The van der Waals surface area contributed by atoms with Crippen LogP contribution in [0.3, 0.4) is 0 Å². The summed E-state index contributed by atoms with van der Waals surface area (Å²) < 4.78 is 0. The second-order valence-corrected chi connectivity index (χ2v) is 6.89. The number of hydrogen-bond donors (Lipinski definition) is 2. The zero-order valence-corrected chi connectivity index (χ0v) is 12.9. The first-order valence-corrected chi connectivity index (χ1v) is 8.28. The van der Waals surface area contributed by atoms with Crippen molar-refractivity contribution in [3.05, 3.63) is 35.4 Å². The molecule has 1 aromatic carbocycles. The first-order chi connectivity index (χ1) is 9.74. The van der Waals surface area contributed by atoms with Crippen molar-refractivity contribution in [2.75, 3.05) is 6.54 Å². The van der Waals surface area contributed by atoms with Crippen molar-refractivity contribution >= 4 is 0 Å². The minimum atomic E-state index is 0.530. The molecule has 1 saturated carbocycles. The fourth-order valence-electron chi connectivity index (χ4n) is 4.00. The highest BCUT2D eigenvalue weighted by Crippen LogP contribution is 2.32. The summed E-state index contributed by atoms with van der Waals surface area (Å²) in [5, 5.41) is 7.53. The van der Waals surface area contributed by atoms with Crippen molar-refractivity contribution in [1.29, 1.82) is 0 Å². The first kappa shape index (κ1) is 14.1. The second-order valence-electron chi connectivity index (χ2n) is 6.89. The third kappa shape index (κ3) is 3.07. The van der Waals surface area contributed by atoms with E-state index in [9.17, 15) is 0 Å². The molecule has 2 aliphatic rings. The fraction of sp³-hybridized carbons (Fsp3) is 0.667. The summed E-state index contributed by atoms with van der Waals surface area (Å²) in [4.78, 5) is 0. The predicted octanol–water partition coefficient (Wildman–Crippen LogP) is 3.64. The third-order valence-corrected chi connectivity index (χ3v) is 5.20. The maximum Gasteiger partial charge on any atom is 0.0338 e. The highest BCUT2D eigenvalue weighted by atomic mass is 15.0. The maximum absolute atomic E-state index is 3.98. The van der Waals surface area contributed by atoms with E-state index in [1.54, 1.807) is 0 Å². The largest absolute Gasteiger partial charge is 0.313 e. The Morgan fingerprint density at radius 2 is 1.95 bits per heavy atom. The molecule has 1 heterocycles. The average Bonchev–Trinajstić information content (AvgIpc) is 2.65. The Labute approximate surface area is 123 Å². The van der Waals surface area contributed by atoms with Gasteiger partial charge in [-0.05, 0) is 55.2 Å². The number of fused-ring (bicyclic) bond motifs is 1. The minimum absolute atomic E-state index is 0.530. The Morgan fingerprint density at radius 1 is 1.10 bits per heavy atom. The summed E-state index contributed by atoms with van der Waals surface area (Å²) in [7, 11) is 0. The van der Waals surface area contributed by atoms with Crippen LogP contribution in [0.5, 0.6) is 0 Å². The van der Waals surface area contributed by atoms with E-state index in [0.29, 0.717) is 12.1 Å². The van der Waals surface area contributed by atoms with E-state index >= 15 is 0 Å². The van der Waals surface area contributed by atoms with Crippen molar-refractivity contribution < 1.29 is 0 Å². The van der Waals surface area contributed by atoms with Gasteiger partial charge in [-0.25, -0.2) is 0 Å². The molecular weight excluding hydrogens is 244 g/mol. The summed E-state index contributed by atoms with van der Waals surface area (Å²) in [5.41, 5.74) is 2.99. The van der Waals surface area contributed by atoms with Gasteiger partial charge in [0, 0.05) is 18.6 Å². The van der Waals surface area contributed by atoms with Crippen LogP contribution in [0.25, 0.3) is 0 Å². The molecule has 4 atom stereocenters.